The molecular formula is C15H18BrNO. The fourth-order valence-corrected chi connectivity index (χ4v) is 2.59. The van der Waals surface area contributed by atoms with Crippen molar-refractivity contribution in [2.75, 3.05) is 6.54 Å². The van der Waals surface area contributed by atoms with Crippen LogP contribution in [0.15, 0.2) is 45.5 Å². The lowest BCUT2D eigenvalue weighted by Gasteiger charge is -2.17. The number of aryl methyl sites for hydroxylation is 1. The minimum Gasteiger partial charge on any atom is -0.466 e. The highest BCUT2D eigenvalue weighted by atomic mass is 79.9. The Balaban J connectivity index is 2.22. The quantitative estimate of drug-likeness (QED) is 0.893. The van der Waals surface area contributed by atoms with Crippen molar-refractivity contribution in [1.82, 2.24) is 5.32 Å². The summed E-state index contributed by atoms with van der Waals surface area (Å²) in [7, 11) is 0. The molecule has 1 atom stereocenters. The third-order valence-electron chi connectivity index (χ3n) is 3.10. The Morgan fingerprint density at radius 3 is 2.67 bits per heavy atom. The van der Waals surface area contributed by atoms with Crippen molar-refractivity contribution in [3.05, 3.63) is 58.0 Å². The van der Waals surface area contributed by atoms with Crippen LogP contribution in [0.25, 0.3) is 0 Å². The lowest BCUT2D eigenvalue weighted by atomic mass is 10.00. The summed E-state index contributed by atoms with van der Waals surface area (Å²) in [4.78, 5) is 0. The van der Waals surface area contributed by atoms with Gasteiger partial charge in [-0.05, 0) is 53.0 Å². The van der Waals surface area contributed by atoms with Crippen molar-refractivity contribution in [3.8, 4) is 0 Å². The van der Waals surface area contributed by atoms with Crippen LogP contribution in [-0.2, 0) is 6.42 Å². The third kappa shape index (κ3) is 3.03. The van der Waals surface area contributed by atoms with E-state index in [1.165, 1.54) is 11.1 Å². The Labute approximate surface area is 117 Å². The van der Waals surface area contributed by atoms with Crippen LogP contribution in [0.4, 0.5) is 0 Å². The molecule has 0 spiro atoms. The van der Waals surface area contributed by atoms with Crippen LogP contribution < -0.4 is 5.32 Å². The molecule has 0 bridgehead atoms. The number of likely N-dealkylation sites (N-methyl/N-ethyl adjacent to an activating group) is 1. The van der Waals surface area contributed by atoms with Crippen LogP contribution in [0.2, 0.25) is 0 Å². The highest BCUT2D eigenvalue weighted by molar-refractivity contribution is 9.10. The number of furan rings is 1. The van der Waals surface area contributed by atoms with Crippen molar-refractivity contribution in [1.29, 1.82) is 0 Å². The zero-order chi connectivity index (χ0) is 13.0. The van der Waals surface area contributed by atoms with E-state index in [2.05, 4.69) is 59.4 Å². The van der Waals surface area contributed by atoms with E-state index >= 15 is 0 Å². The second-order valence-corrected chi connectivity index (χ2v) is 5.23. The fourth-order valence-electron chi connectivity index (χ4n) is 2.12. The molecule has 1 unspecified atom stereocenters. The van der Waals surface area contributed by atoms with Gasteiger partial charge in [0, 0.05) is 0 Å². The second-order valence-electron chi connectivity index (χ2n) is 4.37. The van der Waals surface area contributed by atoms with Gasteiger partial charge in [-0.3, -0.25) is 0 Å². The molecule has 1 aromatic heterocycles. The third-order valence-corrected chi connectivity index (χ3v) is 3.75. The van der Waals surface area contributed by atoms with Crippen LogP contribution in [0, 0.1) is 6.92 Å². The molecule has 0 amide bonds. The molecule has 3 heteroatoms. The molecule has 0 aliphatic heterocycles. The maximum atomic E-state index is 5.58. The average molecular weight is 308 g/mol. The summed E-state index contributed by atoms with van der Waals surface area (Å²) >= 11 is 3.54. The van der Waals surface area contributed by atoms with Crippen molar-refractivity contribution in [2.45, 2.75) is 26.3 Å². The molecule has 1 heterocycles. The number of hydrogen-bond donors (Lipinski definition) is 1. The molecule has 2 aromatic rings. The van der Waals surface area contributed by atoms with Crippen LogP contribution in [0.3, 0.4) is 0 Å². The molecule has 1 aromatic carbocycles. The van der Waals surface area contributed by atoms with Gasteiger partial charge in [-0.15, -0.1) is 0 Å². The molecular weight excluding hydrogens is 290 g/mol. The smallest absolute Gasteiger partial charge is 0.135 e. The summed E-state index contributed by atoms with van der Waals surface area (Å²) in [6.45, 7) is 5.18. The van der Waals surface area contributed by atoms with Gasteiger partial charge < -0.3 is 9.73 Å². The Hall–Kier alpha value is -1.06. The second kappa shape index (κ2) is 6.21. The van der Waals surface area contributed by atoms with Gasteiger partial charge in [-0.1, -0.05) is 31.2 Å². The highest BCUT2D eigenvalue weighted by Gasteiger charge is 2.18. The first-order valence-corrected chi connectivity index (χ1v) is 7.02. The normalized spacial score (nSPS) is 12.6. The SMILES string of the molecule is CCNC(Cc1ccccc1C)c1occc1Br. The van der Waals surface area contributed by atoms with Gasteiger partial charge >= 0.3 is 0 Å². The van der Waals surface area contributed by atoms with E-state index in [0.717, 1.165) is 23.2 Å². The maximum absolute atomic E-state index is 5.58. The van der Waals surface area contributed by atoms with Crippen molar-refractivity contribution < 1.29 is 4.42 Å². The molecule has 0 aliphatic carbocycles. The number of benzene rings is 1. The summed E-state index contributed by atoms with van der Waals surface area (Å²) in [5, 5.41) is 3.48. The van der Waals surface area contributed by atoms with Gasteiger partial charge in [-0.25, -0.2) is 0 Å². The molecule has 0 radical (unpaired) electrons. The van der Waals surface area contributed by atoms with Gasteiger partial charge in [0.25, 0.3) is 0 Å². The van der Waals surface area contributed by atoms with E-state index in [1.807, 2.05) is 6.07 Å². The van der Waals surface area contributed by atoms with Crippen LogP contribution in [0.5, 0.6) is 0 Å². The molecule has 0 saturated carbocycles. The lowest BCUT2D eigenvalue weighted by molar-refractivity contribution is 0.414. The van der Waals surface area contributed by atoms with E-state index in [-0.39, 0.29) is 6.04 Å². The Morgan fingerprint density at radius 1 is 1.28 bits per heavy atom. The minimum atomic E-state index is 0.209. The first-order valence-electron chi connectivity index (χ1n) is 6.23. The predicted octanol–water partition coefficient (Wildman–Crippen LogP) is 4.24. The lowest BCUT2D eigenvalue weighted by Crippen LogP contribution is -2.23. The minimum absolute atomic E-state index is 0.209. The van der Waals surface area contributed by atoms with E-state index in [0.29, 0.717) is 0 Å². The zero-order valence-electron chi connectivity index (χ0n) is 10.7. The van der Waals surface area contributed by atoms with Gasteiger partial charge in [0.2, 0.25) is 0 Å². The van der Waals surface area contributed by atoms with Crippen LogP contribution >= 0.6 is 15.9 Å². The van der Waals surface area contributed by atoms with E-state index in [9.17, 15) is 0 Å². The first kappa shape index (κ1) is 13.4. The van der Waals surface area contributed by atoms with Crippen LogP contribution in [0.1, 0.15) is 29.9 Å². The molecule has 1 N–H and O–H groups in total. The van der Waals surface area contributed by atoms with E-state index in [1.54, 1.807) is 6.26 Å². The number of rotatable bonds is 5. The van der Waals surface area contributed by atoms with Gasteiger partial charge in [0.1, 0.15) is 5.76 Å². The molecule has 0 fully saturated rings. The van der Waals surface area contributed by atoms with Gasteiger partial charge in [-0.2, -0.15) is 0 Å². The summed E-state index contributed by atoms with van der Waals surface area (Å²) in [5.74, 6) is 0.972. The summed E-state index contributed by atoms with van der Waals surface area (Å²) < 4.78 is 6.61. The standard InChI is InChI=1S/C15H18BrNO/c1-3-17-14(15-13(16)8-9-18-15)10-12-7-5-4-6-11(12)2/h4-9,14,17H,3,10H2,1-2H3. The monoisotopic (exact) mass is 307 g/mol. The average Bonchev–Trinajstić information content (AvgIpc) is 2.78. The largest absolute Gasteiger partial charge is 0.466 e. The highest BCUT2D eigenvalue weighted by Crippen LogP contribution is 2.27. The van der Waals surface area contributed by atoms with E-state index < -0.39 is 0 Å². The summed E-state index contributed by atoms with van der Waals surface area (Å²) in [6.07, 6.45) is 2.66. The molecule has 96 valence electrons. The number of hydrogen-bond acceptors (Lipinski definition) is 2. The summed E-state index contributed by atoms with van der Waals surface area (Å²) in [6, 6.07) is 10.6. The molecule has 0 aliphatic rings. The number of nitrogens with one attached hydrogen (secondary N) is 1. The van der Waals surface area contributed by atoms with Gasteiger partial charge in [0.15, 0.2) is 0 Å². The predicted molar refractivity (Wildman–Crippen MR) is 77.7 cm³/mol. The van der Waals surface area contributed by atoms with Gasteiger partial charge in [0.05, 0.1) is 16.8 Å². The van der Waals surface area contributed by atoms with Crippen molar-refractivity contribution >= 4 is 15.9 Å². The van der Waals surface area contributed by atoms with Crippen molar-refractivity contribution in [3.63, 3.8) is 0 Å². The maximum Gasteiger partial charge on any atom is 0.135 e. The zero-order valence-corrected chi connectivity index (χ0v) is 12.3. The molecule has 0 saturated heterocycles. The molecule has 18 heavy (non-hydrogen) atoms. The van der Waals surface area contributed by atoms with Crippen LogP contribution in [-0.4, -0.2) is 6.54 Å². The summed E-state index contributed by atoms with van der Waals surface area (Å²) in [5.41, 5.74) is 2.68. The Morgan fingerprint density at radius 2 is 2.06 bits per heavy atom. The molecule has 2 nitrogen and oxygen atoms in total. The van der Waals surface area contributed by atoms with E-state index in [4.69, 9.17) is 4.42 Å². The van der Waals surface area contributed by atoms with Crippen molar-refractivity contribution in [2.24, 2.45) is 0 Å². The first-order chi connectivity index (χ1) is 8.72. The Bertz CT molecular complexity index is 507. The number of halogens is 1. The molecule has 2 rings (SSSR count). The topological polar surface area (TPSA) is 25.2 Å². The Kier molecular flexibility index (Phi) is 4.61. The fraction of sp³-hybridized carbons (Fsp3) is 0.333.